The minimum absolute atomic E-state index is 0.101. The first-order chi connectivity index (χ1) is 17.8. The number of halogens is 3. The van der Waals surface area contributed by atoms with E-state index in [4.69, 9.17) is 27.9 Å². The number of carboxylic acids is 1. The molecular weight excluding hydrogens is 514 g/mol. The van der Waals surface area contributed by atoms with Gasteiger partial charge in [-0.05, 0) is 86.2 Å². The number of hydrogen-bond donors (Lipinski definition) is 1. The van der Waals surface area contributed by atoms with Crippen LogP contribution in [-0.2, 0) is 4.79 Å². The van der Waals surface area contributed by atoms with E-state index in [0.29, 0.717) is 64.7 Å². The van der Waals surface area contributed by atoms with Gasteiger partial charge in [-0.1, -0.05) is 35.0 Å². The van der Waals surface area contributed by atoms with Crippen LogP contribution >= 0.6 is 23.2 Å². The predicted octanol–water partition coefficient (Wildman–Crippen LogP) is 6.72. The van der Waals surface area contributed by atoms with Crippen LogP contribution < -0.4 is 4.74 Å². The molecule has 0 aliphatic carbocycles. The van der Waals surface area contributed by atoms with Crippen LogP contribution in [0.15, 0.2) is 42.6 Å². The number of pyridine rings is 1. The van der Waals surface area contributed by atoms with E-state index in [1.54, 1.807) is 37.6 Å². The van der Waals surface area contributed by atoms with E-state index < -0.39 is 18.1 Å². The van der Waals surface area contributed by atoms with E-state index in [1.165, 1.54) is 0 Å². The number of ether oxygens (including phenoxy) is 1. The number of aromatic nitrogens is 1. The normalized spacial score (nSPS) is 18.7. The van der Waals surface area contributed by atoms with Crippen molar-refractivity contribution in [2.75, 3.05) is 26.7 Å². The maximum absolute atomic E-state index is 15.4. The third-order valence-corrected chi connectivity index (χ3v) is 7.55. The third-order valence-electron chi connectivity index (χ3n) is 7.04. The summed E-state index contributed by atoms with van der Waals surface area (Å²) in [7, 11) is 1.57. The van der Waals surface area contributed by atoms with E-state index in [9.17, 15) is 9.90 Å². The van der Waals surface area contributed by atoms with Crippen molar-refractivity contribution >= 4 is 40.1 Å². The number of rotatable bonds is 7. The number of hydrogen-bond acceptors (Lipinski definition) is 4. The van der Waals surface area contributed by atoms with Gasteiger partial charge in [-0.3, -0.25) is 14.7 Å². The summed E-state index contributed by atoms with van der Waals surface area (Å²) in [5.41, 5.74) is 2.88. The van der Waals surface area contributed by atoms with Crippen LogP contribution in [0.25, 0.3) is 10.9 Å². The number of likely N-dealkylation sites (tertiary alicyclic amines) is 1. The highest BCUT2D eigenvalue weighted by Gasteiger charge is 2.34. The van der Waals surface area contributed by atoms with E-state index in [-0.39, 0.29) is 12.3 Å². The monoisotopic (exact) mass is 542 g/mol. The Morgan fingerprint density at radius 3 is 2.84 bits per heavy atom. The predicted molar refractivity (Wildman–Crippen MR) is 145 cm³/mol. The van der Waals surface area contributed by atoms with E-state index >= 15 is 4.39 Å². The highest BCUT2D eigenvalue weighted by Crippen LogP contribution is 2.35. The molecular formula is C29H29Cl2FN2O3. The van der Waals surface area contributed by atoms with Gasteiger partial charge in [-0.25, -0.2) is 4.39 Å². The molecule has 3 atom stereocenters. The molecule has 5 nitrogen and oxygen atoms in total. The molecule has 0 bridgehead atoms. The Bertz CT molecular complexity index is 1330. The second-order valence-electron chi connectivity index (χ2n) is 9.44. The summed E-state index contributed by atoms with van der Waals surface area (Å²) in [6.45, 7) is 3.43. The van der Waals surface area contributed by atoms with Gasteiger partial charge < -0.3 is 9.84 Å². The van der Waals surface area contributed by atoms with Gasteiger partial charge in [0, 0.05) is 28.7 Å². The molecule has 0 amide bonds. The largest absolute Gasteiger partial charge is 0.497 e. The number of nitrogens with zero attached hydrogens (tertiary/aromatic N) is 2. The van der Waals surface area contributed by atoms with Crippen molar-refractivity contribution in [1.29, 1.82) is 0 Å². The van der Waals surface area contributed by atoms with E-state index in [1.807, 2.05) is 24.0 Å². The lowest BCUT2D eigenvalue weighted by molar-refractivity contribution is -0.146. The van der Waals surface area contributed by atoms with E-state index in [0.717, 1.165) is 11.1 Å². The molecule has 2 aromatic carbocycles. The van der Waals surface area contributed by atoms with Crippen molar-refractivity contribution in [3.8, 4) is 17.6 Å². The maximum atomic E-state index is 15.4. The fourth-order valence-electron chi connectivity index (χ4n) is 5.00. The molecule has 0 unspecified atom stereocenters. The molecule has 8 heteroatoms. The Labute approximate surface area is 226 Å². The fourth-order valence-corrected chi connectivity index (χ4v) is 5.64. The minimum Gasteiger partial charge on any atom is -0.497 e. The van der Waals surface area contributed by atoms with Crippen LogP contribution in [0, 0.1) is 30.6 Å². The molecule has 1 aromatic heterocycles. The minimum atomic E-state index is -1.22. The number of carboxylic acid groups (broad SMARTS) is 1. The fraction of sp³-hybridized carbons (Fsp3) is 0.379. The lowest BCUT2D eigenvalue weighted by Gasteiger charge is -2.35. The molecule has 4 rings (SSSR count). The molecule has 1 N–H and O–H groups in total. The first-order valence-electron chi connectivity index (χ1n) is 12.2. The molecule has 1 aliphatic heterocycles. The molecule has 0 spiro atoms. The van der Waals surface area contributed by atoms with Crippen LogP contribution in [0.1, 0.15) is 42.1 Å². The zero-order valence-corrected chi connectivity index (χ0v) is 22.3. The number of methoxy groups -OCH3 is 1. The standard InChI is InChI=1S/C29H29Cl2FN2O3/c1-18-14-20(30)15-26(31)22(18)4-3-12-34-13-10-19(25(17-34)29(35)36)5-7-27(32)23-9-11-33-28-8-6-21(37-2)16-24(23)28/h6,8-9,11,14-16,19,25,27H,5,7,10,12-13,17H2,1-2H3,(H,35,36)/t19-,25+,27+/m1/s1. The number of piperidine rings is 1. The van der Waals surface area contributed by atoms with Crippen LogP contribution in [0.5, 0.6) is 5.75 Å². The average Bonchev–Trinajstić information content (AvgIpc) is 2.88. The first kappa shape index (κ1) is 27.2. The molecule has 0 radical (unpaired) electrons. The van der Waals surface area contributed by atoms with Crippen LogP contribution in [-0.4, -0.2) is 47.7 Å². The molecule has 1 saturated heterocycles. The lowest BCUT2D eigenvalue weighted by Crippen LogP contribution is -2.44. The number of fused-ring (bicyclic) bond motifs is 1. The molecule has 37 heavy (non-hydrogen) atoms. The summed E-state index contributed by atoms with van der Waals surface area (Å²) in [5.74, 6) is 5.34. The highest BCUT2D eigenvalue weighted by atomic mass is 35.5. The van der Waals surface area contributed by atoms with Crippen LogP contribution in [0.2, 0.25) is 10.0 Å². The van der Waals surface area contributed by atoms with Crippen molar-refractivity contribution < 1.29 is 19.0 Å². The van der Waals surface area contributed by atoms with Crippen LogP contribution in [0.4, 0.5) is 4.39 Å². The molecule has 1 fully saturated rings. The zero-order valence-electron chi connectivity index (χ0n) is 20.8. The highest BCUT2D eigenvalue weighted by molar-refractivity contribution is 6.35. The average molecular weight is 543 g/mol. The summed E-state index contributed by atoms with van der Waals surface area (Å²) >= 11 is 12.3. The lowest BCUT2D eigenvalue weighted by atomic mass is 9.81. The number of aliphatic carboxylic acids is 1. The Balaban J connectivity index is 1.39. The zero-order chi connectivity index (χ0) is 26.5. The van der Waals surface area contributed by atoms with Gasteiger partial charge >= 0.3 is 5.97 Å². The number of aryl methyl sites for hydroxylation is 1. The topological polar surface area (TPSA) is 62.7 Å². The second kappa shape index (κ2) is 12.1. The Kier molecular flexibility index (Phi) is 8.91. The quantitative estimate of drug-likeness (QED) is 0.335. The summed E-state index contributed by atoms with van der Waals surface area (Å²) < 4.78 is 20.7. The van der Waals surface area contributed by atoms with Gasteiger partial charge in [0.2, 0.25) is 0 Å². The molecule has 0 saturated carbocycles. The van der Waals surface area contributed by atoms with Crippen molar-refractivity contribution in [3.05, 3.63) is 69.3 Å². The summed E-state index contributed by atoms with van der Waals surface area (Å²) in [6.07, 6.45) is 1.80. The molecule has 194 valence electrons. The van der Waals surface area contributed by atoms with Crippen molar-refractivity contribution in [1.82, 2.24) is 9.88 Å². The van der Waals surface area contributed by atoms with Gasteiger partial charge in [0.15, 0.2) is 0 Å². The van der Waals surface area contributed by atoms with Gasteiger partial charge in [0.1, 0.15) is 11.9 Å². The summed E-state index contributed by atoms with van der Waals surface area (Å²) in [6, 6.07) is 10.6. The number of benzene rings is 2. The first-order valence-corrected chi connectivity index (χ1v) is 13.0. The van der Waals surface area contributed by atoms with Gasteiger partial charge in [0.05, 0.1) is 30.1 Å². The maximum Gasteiger partial charge on any atom is 0.308 e. The third kappa shape index (κ3) is 6.54. The second-order valence-corrected chi connectivity index (χ2v) is 10.3. The van der Waals surface area contributed by atoms with Crippen molar-refractivity contribution in [3.63, 3.8) is 0 Å². The molecule has 2 heterocycles. The van der Waals surface area contributed by atoms with Crippen molar-refractivity contribution in [2.24, 2.45) is 11.8 Å². The molecule has 1 aliphatic rings. The van der Waals surface area contributed by atoms with Crippen LogP contribution in [0.3, 0.4) is 0 Å². The Morgan fingerprint density at radius 1 is 1.30 bits per heavy atom. The summed E-state index contributed by atoms with van der Waals surface area (Å²) in [4.78, 5) is 18.4. The van der Waals surface area contributed by atoms with E-state index in [2.05, 4.69) is 16.8 Å². The van der Waals surface area contributed by atoms with Crippen molar-refractivity contribution in [2.45, 2.75) is 32.4 Å². The Hall–Kier alpha value is -2.85. The van der Waals surface area contributed by atoms with Gasteiger partial charge in [-0.15, -0.1) is 0 Å². The molecule has 3 aromatic rings. The number of carbonyl (C=O) groups is 1. The Morgan fingerprint density at radius 2 is 2.11 bits per heavy atom. The van der Waals surface area contributed by atoms with Gasteiger partial charge in [0.25, 0.3) is 0 Å². The SMILES string of the molecule is COc1ccc2nccc([C@@H](F)CC[C@@H]3CCN(CC#Cc4c(C)cc(Cl)cc4Cl)C[C@@H]3C(=O)O)c2c1. The van der Waals surface area contributed by atoms with Gasteiger partial charge in [-0.2, -0.15) is 0 Å². The smallest absolute Gasteiger partial charge is 0.308 e. The summed E-state index contributed by atoms with van der Waals surface area (Å²) in [5, 5.41) is 11.7. The number of alkyl halides is 1.